The van der Waals surface area contributed by atoms with E-state index in [9.17, 15) is 5.11 Å². The Morgan fingerprint density at radius 1 is 1.00 bits per heavy atom. The van der Waals surface area contributed by atoms with Gasteiger partial charge in [-0.1, -0.05) is 11.6 Å². The number of halogens is 3. The monoisotopic (exact) mass is 286 g/mol. The van der Waals surface area contributed by atoms with Gasteiger partial charge in [-0.3, -0.25) is 0 Å². The number of phenols is 1. The second kappa shape index (κ2) is 7.20. The third-order valence-corrected chi connectivity index (χ3v) is 3.11. The first-order chi connectivity index (χ1) is 6.54. The number of benzene rings is 1. The summed E-state index contributed by atoms with van der Waals surface area (Å²) in [6.07, 6.45) is 0. The topological polar surface area (TPSA) is 72.3 Å². The third kappa shape index (κ3) is 2.93. The Balaban J connectivity index is 0. The molecule has 0 aliphatic heterocycles. The Hall–Kier alpha value is -0.190. The van der Waals surface area contributed by atoms with E-state index in [-0.39, 0.29) is 43.7 Å². The lowest BCUT2D eigenvalue weighted by Gasteiger charge is -2.15. The largest absolute Gasteiger partial charge is 0.507 e. The highest BCUT2D eigenvalue weighted by Gasteiger charge is 2.15. The summed E-state index contributed by atoms with van der Waals surface area (Å²) in [5.41, 5.74) is 14.1. The van der Waals surface area contributed by atoms with E-state index >= 15 is 0 Å². The minimum atomic E-state index is 0. The van der Waals surface area contributed by atoms with Crippen molar-refractivity contribution in [1.29, 1.82) is 0 Å². The van der Waals surface area contributed by atoms with Gasteiger partial charge >= 0.3 is 0 Å². The van der Waals surface area contributed by atoms with Crippen LogP contribution in [0.3, 0.4) is 0 Å². The van der Waals surface area contributed by atoms with Crippen molar-refractivity contribution in [3.63, 3.8) is 0 Å². The maximum Gasteiger partial charge on any atom is 0.125 e. The smallest absolute Gasteiger partial charge is 0.125 e. The van der Waals surface area contributed by atoms with Gasteiger partial charge in [-0.25, -0.2) is 0 Å². The molecule has 0 heterocycles. The highest BCUT2D eigenvalue weighted by Crippen LogP contribution is 2.34. The van der Waals surface area contributed by atoms with E-state index in [1.54, 1.807) is 0 Å². The van der Waals surface area contributed by atoms with Gasteiger partial charge in [0.25, 0.3) is 0 Å². The summed E-state index contributed by atoms with van der Waals surface area (Å²) in [4.78, 5) is 0. The Labute approximate surface area is 113 Å². The molecule has 0 saturated carbocycles. The summed E-state index contributed by atoms with van der Waals surface area (Å²) in [7, 11) is 0. The van der Waals surface area contributed by atoms with E-state index in [0.29, 0.717) is 16.1 Å². The van der Waals surface area contributed by atoms with Gasteiger partial charge in [0, 0.05) is 29.2 Å². The number of hydrogen-bond donors (Lipinski definition) is 3. The molecule has 0 unspecified atom stereocenters. The summed E-state index contributed by atoms with van der Waals surface area (Å²) in [6, 6.07) is 0. The summed E-state index contributed by atoms with van der Waals surface area (Å²) in [5, 5.41) is 10.5. The highest BCUT2D eigenvalue weighted by atomic mass is 35.5. The molecule has 1 aromatic rings. The van der Waals surface area contributed by atoms with Crippen LogP contribution in [0.4, 0.5) is 0 Å². The minimum Gasteiger partial charge on any atom is -0.507 e. The lowest BCUT2D eigenvalue weighted by atomic mass is 9.98. The van der Waals surface area contributed by atoms with Gasteiger partial charge in [-0.2, -0.15) is 0 Å². The van der Waals surface area contributed by atoms with Gasteiger partial charge < -0.3 is 16.6 Å². The van der Waals surface area contributed by atoms with Crippen molar-refractivity contribution in [3.8, 4) is 5.75 Å². The molecule has 0 radical (unpaired) electrons. The van der Waals surface area contributed by atoms with Crippen molar-refractivity contribution in [2.45, 2.75) is 26.9 Å². The first-order valence-corrected chi connectivity index (χ1v) is 4.81. The van der Waals surface area contributed by atoms with Crippen LogP contribution in [0.5, 0.6) is 5.75 Å². The van der Waals surface area contributed by atoms with Crippen molar-refractivity contribution in [3.05, 3.63) is 27.3 Å². The van der Waals surface area contributed by atoms with E-state index in [4.69, 9.17) is 23.1 Å². The first-order valence-electron chi connectivity index (χ1n) is 4.44. The molecule has 1 rings (SSSR count). The number of aromatic hydroxyl groups is 1. The van der Waals surface area contributed by atoms with Crippen LogP contribution < -0.4 is 11.5 Å². The molecule has 0 aliphatic carbocycles. The van der Waals surface area contributed by atoms with E-state index in [0.717, 1.165) is 11.1 Å². The van der Waals surface area contributed by atoms with Crippen LogP contribution in [-0.2, 0) is 13.1 Å². The standard InChI is InChI=1S/C10H15ClN2O.2ClH/c1-5-7(3-12)10(14)8(4-13)6(2)9(5)11;;/h14H,3-4,12-13H2,1-2H3;2*1H. The molecule has 1 aromatic carbocycles. The molecule has 0 amide bonds. The van der Waals surface area contributed by atoms with E-state index < -0.39 is 0 Å². The molecule has 0 bridgehead atoms. The molecular weight excluding hydrogens is 270 g/mol. The normalized spacial score (nSPS) is 9.31. The fourth-order valence-electron chi connectivity index (χ4n) is 1.58. The molecule has 16 heavy (non-hydrogen) atoms. The van der Waals surface area contributed by atoms with Crippen molar-refractivity contribution >= 4 is 36.4 Å². The van der Waals surface area contributed by atoms with Gasteiger partial charge in [0.2, 0.25) is 0 Å². The SMILES string of the molecule is Cc1c(Cl)c(C)c(CN)c(O)c1CN.Cl.Cl. The van der Waals surface area contributed by atoms with E-state index in [1.165, 1.54) is 0 Å². The van der Waals surface area contributed by atoms with Gasteiger partial charge in [-0.05, 0) is 25.0 Å². The lowest BCUT2D eigenvalue weighted by Crippen LogP contribution is -2.07. The van der Waals surface area contributed by atoms with Crippen molar-refractivity contribution in [1.82, 2.24) is 0 Å². The summed E-state index contributed by atoms with van der Waals surface area (Å²) in [6.45, 7) is 4.23. The molecule has 0 spiro atoms. The Morgan fingerprint density at radius 2 is 1.31 bits per heavy atom. The third-order valence-electron chi connectivity index (χ3n) is 2.54. The first kappa shape index (κ1) is 18.2. The molecule has 6 heteroatoms. The zero-order valence-electron chi connectivity index (χ0n) is 9.21. The number of rotatable bonds is 2. The second-order valence-corrected chi connectivity index (χ2v) is 3.66. The molecule has 94 valence electrons. The zero-order chi connectivity index (χ0) is 10.9. The average molecular weight is 288 g/mol. The maximum absolute atomic E-state index is 9.86. The number of nitrogens with two attached hydrogens (primary N) is 2. The summed E-state index contributed by atoms with van der Waals surface area (Å²) >= 11 is 6.10. The molecule has 0 aliphatic rings. The quantitative estimate of drug-likeness (QED) is 0.782. The predicted molar refractivity (Wildman–Crippen MR) is 72.9 cm³/mol. The van der Waals surface area contributed by atoms with E-state index in [2.05, 4.69) is 0 Å². The Bertz CT molecular complexity index is 339. The lowest BCUT2D eigenvalue weighted by molar-refractivity contribution is 0.460. The highest BCUT2D eigenvalue weighted by molar-refractivity contribution is 6.32. The second-order valence-electron chi connectivity index (χ2n) is 3.28. The van der Waals surface area contributed by atoms with Crippen LogP contribution in [0.25, 0.3) is 0 Å². The molecule has 5 N–H and O–H groups in total. The maximum atomic E-state index is 9.86. The van der Waals surface area contributed by atoms with Gasteiger partial charge in [0.05, 0.1) is 0 Å². The Morgan fingerprint density at radius 3 is 1.56 bits per heavy atom. The Kier molecular flexibility index (Phi) is 8.18. The minimum absolute atomic E-state index is 0. The van der Waals surface area contributed by atoms with Crippen molar-refractivity contribution < 1.29 is 5.11 Å². The summed E-state index contributed by atoms with van der Waals surface area (Å²) in [5.74, 6) is 0.189. The number of hydrogen-bond acceptors (Lipinski definition) is 3. The predicted octanol–water partition coefficient (Wildman–Crippen LogP) is 2.42. The number of phenolic OH excluding ortho intramolecular Hbond substituents is 1. The van der Waals surface area contributed by atoms with E-state index in [1.807, 2.05) is 13.8 Å². The molecular formula is C10H17Cl3N2O. The van der Waals surface area contributed by atoms with Crippen LogP contribution in [-0.4, -0.2) is 5.11 Å². The molecule has 0 aromatic heterocycles. The van der Waals surface area contributed by atoms with Crippen molar-refractivity contribution in [2.75, 3.05) is 0 Å². The average Bonchev–Trinajstić information content (AvgIpc) is 2.16. The molecule has 3 nitrogen and oxygen atoms in total. The fraction of sp³-hybridized carbons (Fsp3) is 0.400. The fourth-order valence-corrected chi connectivity index (χ4v) is 1.81. The van der Waals surface area contributed by atoms with Gasteiger partial charge in [0.15, 0.2) is 0 Å². The van der Waals surface area contributed by atoms with Crippen LogP contribution >= 0.6 is 36.4 Å². The molecule has 0 saturated heterocycles. The van der Waals surface area contributed by atoms with Crippen LogP contribution in [0.15, 0.2) is 0 Å². The van der Waals surface area contributed by atoms with Crippen LogP contribution in [0, 0.1) is 13.8 Å². The van der Waals surface area contributed by atoms with Gasteiger partial charge in [-0.15, -0.1) is 24.8 Å². The summed E-state index contributed by atoms with van der Waals surface area (Å²) < 4.78 is 0. The van der Waals surface area contributed by atoms with Crippen LogP contribution in [0.2, 0.25) is 5.02 Å². The van der Waals surface area contributed by atoms with Gasteiger partial charge in [0.1, 0.15) is 5.75 Å². The molecule has 0 atom stereocenters. The van der Waals surface area contributed by atoms with Crippen molar-refractivity contribution in [2.24, 2.45) is 11.5 Å². The molecule has 0 fully saturated rings. The zero-order valence-corrected chi connectivity index (χ0v) is 11.6. The van der Waals surface area contributed by atoms with Crippen LogP contribution in [0.1, 0.15) is 22.3 Å².